The Morgan fingerprint density at radius 1 is 1.38 bits per heavy atom. The lowest BCUT2D eigenvalue weighted by Gasteiger charge is -2.21. The number of rotatable bonds is 7. The van der Waals surface area contributed by atoms with Crippen LogP contribution in [0.2, 0.25) is 5.54 Å². The highest BCUT2D eigenvalue weighted by Gasteiger charge is 2.16. The number of aliphatic imine (C=N–C) groups is 1. The molecule has 0 spiro atoms. The second-order valence-corrected chi connectivity index (χ2v) is 4.17. The molecule has 0 radical (unpaired) electrons. The summed E-state index contributed by atoms with van der Waals surface area (Å²) in [5, 5.41) is 0. The van der Waals surface area contributed by atoms with Crippen LogP contribution in [0.1, 0.15) is 13.8 Å². The van der Waals surface area contributed by atoms with Crippen molar-refractivity contribution in [1.82, 2.24) is 0 Å². The smallest absolute Gasteiger partial charge is 0.234 e. The molecule has 0 aromatic carbocycles. The van der Waals surface area contributed by atoms with Crippen molar-refractivity contribution >= 4 is 16.3 Å². The van der Waals surface area contributed by atoms with Gasteiger partial charge < -0.3 is 9.47 Å². The Balaban J connectivity index is 3.92. The van der Waals surface area contributed by atoms with E-state index in [1.54, 1.807) is 0 Å². The maximum atomic E-state index is 9.89. The lowest BCUT2D eigenvalue weighted by atomic mass is 10.4. The molecule has 0 aliphatic heterocycles. The molecule has 0 aliphatic rings. The lowest BCUT2D eigenvalue weighted by molar-refractivity contribution is -0.137. The fourth-order valence-electron chi connectivity index (χ4n) is 0.973. The van der Waals surface area contributed by atoms with Gasteiger partial charge in [0, 0.05) is 29.0 Å². The Morgan fingerprint density at radius 2 is 1.92 bits per heavy atom. The summed E-state index contributed by atoms with van der Waals surface area (Å²) in [5.41, 5.74) is 0.223. The van der Waals surface area contributed by atoms with Crippen LogP contribution in [0, 0.1) is 0 Å². The molecule has 0 aliphatic carbocycles. The maximum absolute atomic E-state index is 9.89. The van der Waals surface area contributed by atoms with E-state index in [1.807, 2.05) is 13.8 Å². The molecule has 0 saturated heterocycles. The fraction of sp³-hybridized carbons (Fsp3) is 0.875. The zero-order chi connectivity index (χ0) is 10.1. The molecule has 0 rings (SSSR count). The van der Waals surface area contributed by atoms with Crippen LogP contribution in [0.25, 0.3) is 0 Å². The normalized spacial score (nSPS) is 12.8. The van der Waals surface area contributed by atoms with E-state index in [0.29, 0.717) is 19.8 Å². The van der Waals surface area contributed by atoms with E-state index in [2.05, 4.69) is 4.99 Å². The summed E-state index contributed by atoms with van der Waals surface area (Å²) in [4.78, 5) is 13.4. The monoisotopic (exact) mass is 203 g/mol. The van der Waals surface area contributed by atoms with Crippen LogP contribution in [-0.2, 0) is 14.3 Å². The van der Waals surface area contributed by atoms with Crippen molar-refractivity contribution in [2.45, 2.75) is 25.7 Å². The predicted molar refractivity (Wildman–Crippen MR) is 53.7 cm³/mol. The molecule has 0 bridgehead atoms. The number of nitrogens with zero attached hydrogens (tertiary/aromatic N) is 1. The van der Waals surface area contributed by atoms with Gasteiger partial charge in [-0.2, -0.15) is 0 Å². The van der Waals surface area contributed by atoms with E-state index in [1.165, 1.54) is 6.08 Å². The van der Waals surface area contributed by atoms with Gasteiger partial charge >= 0.3 is 0 Å². The molecule has 13 heavy (non-hydrogen) atoms. The van der Waals surface area contributed by atoms with Crippen LogP contribution in [0.3, 0.4) is 0 Å². The van der Waals surface area contributed by atoms with Crippen molar-refractivity contribution < 1.29 is 14.3 Å². The highest BCUT2D eigenvalue weighted by molar-refractivity contribution is 6.12. The molecular formula is C8H17NO3Si. The quantitative estimate of drug-likeness (QED) is 0.251. The number of hydrogen-bond donors (Lipinski definition) is 0. The first-order chi connectivity index (χ1) is 6.26. The first kappa shape index (κ1) is 12.5. The first-order valence-corrected chi connectivity index (χ1v) is 5.68. The van der Waals surface area contributed by atoms with Gasteiger partial charge in [-0.25, -0.2) is 9.79 Å². The maximum Gasteiger partial charge on any atom is 0.234 e. The largest absolute Gasteiger partial charge is 0.353 e. The summed E-state index contributed by atoms with van der Waals surface area (Å²) in [6, 6.07) is 0. The zero-order valence-corrected chi connectivity index (χ0v) is 10.4. The van der Waals surface area contributed by atoms with Gasteiger partial charge in [-0.1, -0.05) is 0 Å². The molecule has 0 amide bonds. The summed E-state index contributed by atoms with van der Waals surface area (Å²) in [6.07, 6.45) is 1.31. The van der Waals surface area contributed by atoms with E-state index in [9.17, 15) is 4.79 Å². The van der Waals surface area contributed by atoms with Crippen molar-refractivity contribution in [1.29, 1.82) is 0 Å². The molecule has 76 valence electrons. The van der Waals surface area contributed by atoms with Crippen molar-refractivity contribution in [2.24, 2.45) is 4.99 Å². The van der Waals surface area contributed by atoms with Gasteiger partial charge in [-0.15, -0.1) is 0 Å². The summed E-state index contributed by atoms with van der Waals surface area (Å²) < 4.78 is 10.7. The van der Waals surface area contributed by atoms with Crippen LogP contribution in [0.5, 0.6) is 0 Å². The van der Waals surface area contributed by atoms with Crippen molar-refractivity contribution in [3.05, 3.63) is 0 Å². The van der Waals surface area contributed by atoms with Gasteiger partial charge in [-0.3, -0.25) is 0 Å². The molecule has 5 heteroatoms. The Bertz CT molecular complexity index is 165. The number of isocyanates is 1. The van der Waals surface area contributed by atoms with Crippen LogP contribution in [-0.4, -0.2) is 42.4 Å². The van der Waals surface area contributed by atoms with E-state index < -0.39 is 0 Å². The van der Waals surface area contributed by atoms with Gasteiger partial charge in [0.1, 0.15) is 0 Å². The van der Waals surface area contributed by atoms with E-state index >= 15 is 0 Å². The summed E-state index contributed by atoms with van der Waals surface area (Å²) in [6.45, 7) is 5.54. The third-order valence-corrected chi connectivity index (χ3v) is 2.48. The topological polar surface area (TPSA) is 47.9 Å². The first-order valence-electron chi connectivity index (χ1n) is 4.53. The van der Waals surface area contributed by atoms with Gasteiger partial charge in [-0.05, 0) is 13.8 Å². The molecule has 4 nitrogen and oxygen atoms in total. The molecule has 1 atom stereocenters. The van der Waals surface area contributed by atoms with Crippen LogP contribution in [0.4, 0.5) is 0 Å². The molecule has 0 heterocycles. The average molecular weight is 203 g/mol. The van der Waals surface area contributed by atoms with Gasteiger partial charge in [0.05, 0.1) is 6.54 Å². The molecule has 0 fully saturated rings. The van der Waals surface area contributed by atoms with Gasteiger partial charge in [0.2, 0.25) is 6.08 Å². The molecule has 0 N–H and O–H groups in total. The second-order valence-electron chi connectivity index (χ2n) is 2.69. The molecular weight excluding hydrogens is 186 g/mol. The zero-order valence-electron chi connectivity index (χ0n) is 8.45. The number of ether oxygens (including phenoxy) is 2. The third kappa shape index (κ3) is 5.71. The van der Waals surface area contributed by atoms with Crippen LogP contribution in [0.15, 0.2) is 4.99 Å². The fourth-order valence-corrected chi connectivity index (χ4v) is 1.54. The standard InChI is InChI=1S/C8H17NO3Si/c1-3-11-8(12-4-2)7(13)5-9-6-10/h7-8H,3-5H2,1-2,13H3. The number of hydrogen-bond acceptors (Lipinski definition) is 4. The van der Waals surface area contributed by atoms with Gasteiger partial charge in [0.25, 0.3) is 0 Å². The summed E-state index contributed by atoms with van der Waals surface area (Å²) in [7, 11) is 0.892. The predicted octanol–water partition coefficient (Wildman–Crippen LogP) is -0.125. The molecule has 0 aromatic heterocycles. The molecule has 0 saturated carbocycles. The molecule has 1 unspecified atom stereocenters. The Morgan fingerprint density at radius 3 is 2.31 bits per heavy atom. The Labute approximate surface area is 81.7 Å². The minimum absolute atomic E-state index is 0.209. The van der Waals surface area contributed by atoms with Crippen LogP contribution < -0.4 is 0 Å². The second kappa shape index (κ2) is 8.13. The molecule has 0 aromatic rings. The Kier molecular flexibility index (Phi) is 7.83. The minimum Gasteiger partial charge on any atom is -0.353 e. The van der Waals surface area contributed by atoms with Crippen molar-refractivity contribution in [3.8, 4) is 0 Å². The highest BCUT2D eigenvalue weighted by Crippen LogP contribution is 2.12. The van der Waals surface area contributed by atoms with Gasteiger partial charge in [0.15, 0.2) is 6.29 Å². The Hall–Kier alpha value is -0.483. The van der Waals surface area contributed by atoms with Crippen LogP contribution >= 0.6 is 0 Å². The average Bonchev–Trinajstić information content (AvgIpc) is 2.14. The summed E-state index contributed by atoms with van der Waals surface area (Å²) in [5.74, 6) is 0. The SMILES string of the molecule is CCOC(OCC)C([SiH3])CN=C=O. The highest BCUT2D eigenvalue weighted by atomic mass is 28.1. The van der Waals surface area contributed by atoms with Crippen molar-refractivity contribution in [2.75, 3.05) is 19.8 Å². The summed E-state index contributed by atoms with van der Waals surface area (Å²) >= 11 is 0. The minimum atomic E-state index is -0.209. The number of carbonyl (C=O) groups excluding carboxylic acids is 1. The van der Waals surface area contributed by atoms with Crippen molar-refractivity contribution in [3.63, 3.8) is 0 Å². The third-order valence-electron chi connectivity index (χ3n) is 1.57. The van der Waals surface area contributed by atoms with E-state index in [-0.39, 0.29) is 11.8 Å². The van der Waals surface area contributed by atoms with E-state index in [4.69, 9.17) is 9.47 Å². The lowest BCUT2D eigenvalue weighted by Crippen LogP contribution is -2.25. The van der Waals surface area contributed by atoms with E-state index in [0.717, 1.165) is 10.2 Å².